The van der Waals surface area contributed by atoms with Crippen LogP contribution >= 0.6 is 0 Å². The second kappa shape index (κ2) is 4.47. The molecule has 14 heavy (non-hydrogen) atoms. The molecule has 1 unspecified atom stereocenters. The van der Waals surface area contributed by atoms with Crippen molar-refractivity contribution >= 4 is 11.5 Å². The molecule has 1 heterocycles. The van der Waals surface area contributed by atoms with Gasteiger partial charge < -0.3 is 10.6 Å². The van der Waals surface area contributed by atoms with Crippen LogP contribution in [0.2, 0.25) is 0 Å². The number of hydrogen-bond donors (Lipinski definition) is 1. The Balaban J connectivity index is 2.66. The molecule has 2 N–H and O–H groups in total. The quantitative estimate of drug-likeness (QED) is 0.779. The van der Waals surface area contributed by atoms with Crippen molar-refractivity contribution in [2.24, 2.45) is 5.92 Å². The molecule has 0 aliphatic rings. The first-order valence-corrected chi connectivity index (χ1v) is 4.45. The van der Waals surface area contributed by atoms with Crippen LogP contribution in [0.4, 0.5) is 11.5 Å². The lowest BCUT2D eigenvalue weighted by Gasteiger charge is -2.19. The van der Waals surface area contributed by atoms with Crippen LogP contribution in [0.25, 0.3) is 0 Å². The predicted octanol–water partition coefficient (Wildman–Crippen LogP) is 1.26. The first-order chi connectivity index (χ1) is 6.63. The fraction of sp³-hybridized carbons (Fsp3) is 0.400. The molecule has 0 aliphatic heterocycles. The average Bonchev–Trinajstić information content (AvgIpc) is 2.18. The van der Waals surface area contributed by atoms with E-state index in [4.69, 9.17) is 11.0 Å². The van der Waals surface area contributed by atoms with E-state index in [0.29, 0.717) is 12.4 Å². The Hall–Kier alpha value is -1.76. The van der Waals surface area contributed by atoms with Crippen LogP contribution in [0.15, 0.2) is 18.3 Å². The zero-order valence-corrected chi connectivity index (χ0v) is 8.44. The van der Waals surface area contributed by atoms with Crippen LogP contribution < -0.4 is 10.6 Å². The summed E-state index contributed by atoms with van der Waals surface area (Å²) in [6.07, 6.45) is 1.71. The normalized spacial score (nSPS) is 11.8. The summed E-state index contributed by atoms with van der Waals surface area (Å²) in [5.74, 6) is 0.521. The highest BCUT2D eigenvalue weighted by atomic mass is 15.1. The molecule has 0 radical (unpaired) electrons. The number of hydrogen-bond acceptors (Lipinski definition) is 4. The second-order valence-corrected chi connectivity index (χ2v) is 3.35. The molecule has 0 aromatic carbocycles. The van der Waals surface area contributed by atoms with E-state index in [2.05, 4.69) is 11.1 Å². The largest absolute Gasteiger partial charge is 0.384 e. The summed E-state index contributed by atoms with van der Waals surface area (Å²) < 4.78 is 0. The number of rotatable bonds is 3. The van der Waals surface area contributed by atoms with Crippen LogP contribution in [-0.4, -0.2) is 18.6 Å². The van der Waals surface area contributed by atoms with Gasteiger partial charge in [0, 0.05) is 13.6 Å². The Morgan fingerprint density at radius 2 is 2.36 bits per heavy atom. The minimum atomic E-state index is 0.0116. The summed E-state index contributed by atoms with van der Waals surface area (Å²) in [6, 6.07) is 5.84. The van der Waals surface area contributed by atoms with Crippen molar-refractivity contribution in [3.8, 4) is 6.07 Å². The molecule has 1 aromatic rings. The maximum absolute atomic E-state index is 8.66. The number of pyridine rings is 1. The van der Waals surface area contributed by atoms with Gasteiger partial charge in [-0.15, -0.1) is 0 Å². The molecule has 1 aromatic heterocycles. The van der Waals surface area contributed by atoms with Crippen molar-refractivity contribution in [3.63, 3.8) is 0 Å². The number of nitrogen functional groups attached to an aromatic ring is 1. The molecular formula is C10H14N4. The van der Waals surface area contributed by atoms with Crippen LogP contribution in [0.3, 0.4) is 0 Å². The maximum atomic E-state index is 8.66. The molecule has 0 saturated carbocycles. The molecule has 0 bridgehead atoms. The van der Waals surface area contributed by atoms with Gasteiger partial charge in [-0.3, -0.25) is 0 Å². The fourth-order valence-corrected chi connectivity index (χ4v) is 1.18. The SMILES string of the molecule is CC(C#N)CN(C)c1ccc(N)nc1. The van der Waals surface area contributed by atoms with Crippen LogP contribution in [0, 0.1) is 17.2 Å². The molecule has 0 amide bonds. The third-order valence-corrected chi connectivity index (χ3v) is 1.98. The molecule has 0 aliphatic carbocycles. The van der Waals surface area contributed by atoms with Crippen molar-refractivity contribution < 1.29 is 0 Å². The molecule has 0 fully saturated rings. The number of nitriles is 1. The molecule has 1 atom stereocenters. The lowest BCUT2D eigenvalue weighted by Crippen LogP contribution is -2.23. The minimum Gasteiger partial charge on any atom is -0.384 e. The zero-order valence-electron chi connectivity index (χ0n) is 8.44. The molecule has 4 nitrogen and oxygen atoms in total. The number of anilines is 2. The topological polar surface area (TPSA) is 65.9 Å². The van der Waals surface area contributed by atoms with Gasteiger partial charge in [0.05, 0.1) is 23.9 Å². The Morgan fingerprint density at radius 1 is 1.64 bits per heavy atom. The van der Waals surface area contributed by atoms with E-state index in [1.54, 1.807) is 12.3 Å². The van der Waals surface area contributed by atoms with Crippen molar-refractivity contribution in [2.75, 3.05) is 24.2 Å². The summed E-state index contributed by atoms with van der Waals surface area (Å²) in [5.41, 5.74) is 6.45. The summed E-state index contributed by atoms with van der Waals surface area (Å²) in [4.78, 5) is 5.97. The van der Waals surface area contributed by atoms with Crippen molar-refractivity contribution in [2.45, 2.75) is 6.92 Å². The van der Waals surface area contributed by atoms with E-state index in [1.165, 1.54) is 0 Å². The van der Waals surface area contributed by atoms with E-state index < -0.39 is 0 Å². The first-order valence-electron chi connectivity index (χ1n) is 4.45. The third kappa shape index (κ3) is 2.63. The van der Waals surface area contributed by atoms with E-state index in [1.807, 2.05) is 24.9 Å². The summed E-state index contributed by atoms with van der Waals surface area (Å²) in [5, 5.41) is 8.66. The highest BCUT2D eigenvalue weighted by Gasteiger charge is 2.05. The monoisotopic (exact) mass is 190 g/mol. The maximum Gasteiger partial charge on any atom is 0.123 e. The van der Waals surface area contributed by atoms with Crippen molar-refractivity contribution in [3.05, 3.63) is 18.3 Å². The van der Waals surface area contributed by atoms with E-state index >= 15 is 0 Å². The summed E-state index contributed by atoms with van der Waals surface area (Å²) in [6.45, 7) is 2.59. The standard InChI is InChI=1S/C10H14N4/c1-8(5-11)7-14(2)9-3-4-10(12)13-6-9/h3-4,6,8H,7H2,1-2H3,(H2,12,13). The van der Waals surface area contributed by atoms with Crippen LogP contribution in [0.1, 0.15) is 6.92 Å². The Labute approximate surface area is 84.0 Å². The van der Waals surface area contributed by atoms with Gasteiger partial charge >= 0.3 is 0 Å². The number of aromatic nitrogens is 1. The smallest absolute Gasteiger partial charge is 0.123 e. The molecular weight excluding hydrogens is 176 g/mol. The van der Waals surface area contributed by atoms with E-state index in [9.17, 15) is 0 Å². The van der Waals surface area contributed by atoms with Gasteiger partial charge in [0.25, 0.3) is 0 Å². The van der Waals surface area contributed by atoms with Gasteiger partial charge in [-0.2, -0.15) is 5.26 Å². The lowest BCUT2D eigenvalue weighted by molar-refractivity contribution is 0.715. The summed E-state index contributed by atoms with van der Waals surface area (Å²) >= 11 is 0. The highest BCUT2D eigenvalue weighted by Crippen LogP contribution is 2.13. The number of nitrogens with two attached hydrogens (primary N) is 1. The fourth-order valence-electron chi connectivity index (χ4n) is 1.18. The van der Waals surface area contributed by atoms with Gasteiger partial charge in [0.2, 0.25) is 0 Å². The lowest BCUT2D eigenvalue weighted by atomic mass is 10.2. The minimum absolute atomic E-state index is 0.0116. The zero-order chi connectivity index (χ0) is 10.6. The van der Waals surface area contributed by atoms with E-state index in [0.717, 1.165) is 5.69 Å². The average molecular weight is 190 g/mol. The second-order valence-electron chi connectivity index (χ2n) is 3.35. The van der Waals surface area contributed by atoms with Crippen molar-refractivity contribution in [1.29, 1.82) is 5.26 Å². The van der Waals surface area contributed by atoms with Gasteiger partial charge in [0.15, 0.2) is 0 Å². The Bertz CT molecular complexity index is 325. The highest BCUT2D eigenvalue weighted by molar-refractivity contribution is 5.47. The third-order valence-electron chi connectivity index (χ3n) is 1.98. The van der Waals surface area contributed by atoms with Gasteiger partial charge in [-0.05, 0) is 19.1 Å². The van der Waals surface area contributed by atoms with Gasteiger partial charge in [-0.25, -0.2) is 4.98 Å². The van der Waals surface area contributed by atoms with Crippen LogP contribution in [-0.2, 0) is 0 Å². The summed E-state index contributed by atoms with van der Waals surface area (Å²) in [7, 11) is 1.93. The first kappa shape index (κ1) is 10.3. The number of nitrogens with zero attached hydrogens (tertiary/aromatic N) is 3. The van der Waals surface area contributed by atoms with Crippen molar-refractivity contribution in [1.82, 2.24) is 4.98 Å². The Morgan fingerprint density at radius 3 is 2.86 bits per heavy atom. The van der Waals surface area contributed by atoms with Crippen LogP contribution in [0.5, 0.6) is 0 Å². The molecule has 0 spiro atoms. The van der Waals surface area contributed by atoms with Gasteiger partial charge in [0.1, 0.15) is 5.82 Å². The van der Waals surface area contributed by atoms with Gasteiger partial charge in [-0.1, -0.05) is 0 Å². The Kier molecular flexibility index (Phi) is 3.29. The predicted molar refractivity (Wildman–Crippen MR) is 56.7 cm³/mol. The molecule has 1 rings (SSSR count). The molecule has 0 saturated heterocycles. The van der Waals surface area contributed by atoms with E-state index in [-0.39, 0.29) is 5.92 Å². The molecule has 74 valence electrons. The molecule has 4 heteroatoms.